The van der Waals surface area contributed by atoms with E-state index in [9.17, 15) is 14.4 Å². The van der Waals surface area contributed by atoms with Crippen LogP contribution in [0, 0.1) is 0 Å². The topological polar surface area (TPSA) is 78.9 Å². The number of rotatable bonds is 54. The van der Waals surface area contributed by atoms with Crippen LogP contribution in [-0.2, 0) is 28.6 Å². The molecule has 0 aromatic rings. The van der Waals surface area contributed by atoms with Gasteiger partial charge in [-0.1, -0.05) is 283 Å². The Morgan fingerprint density at radius 2 is 0.523 bits per heavy atom. The second-order valence-corrected chi connectivity index (χ2v) is 19.9. The van der Waals surface area contributed by atoms with Gasteiger partial charge in [0.25, 0.3) is 0 Å². The number of carbonyl (C=O) groups is 3. The molecule has 0 aromatic carbocycles. The molecule has 1 unspecified atom stereocenters. The van der Waals surface area contributed by atoms with Crippen molar-refractivity contribution in [3.8, 4) is 0 Å². The minimum Gasteiger partial charge on any atom is -0.462 e. The maximum atomic E-state index is 12.8. The lowest BCUT2D eigenvalue weighted by Gasteiger charge is -2.18. The van der Waals surface area contributed by atoms with Crippen molar-refractivity contribution in [2.24, 2.45) is 0 Å². The van der Waals surface area contributed by atoms with Crippen molar-refractivity contribution in [3.05, 3.63) is 12.2 Å². The van der Waals surface area contributed by atoms with Crippen LogP contribution in [0.4, 0.5) is 0 Å². The molecule has 6 nitrogen and oxygen atoms in total. The predicted molar refractivity (Wildman–Crippen MR) is 280 cm³/mol. The number of hydrogen-bond donors (Lipinski definition) is 0. The van der Waals surface area contributed by atoms with Crippen molar-refractivity contribution in [3.63, 3.8) is 0 Å². The third kappa shape index (κ3) is 53.0. The largest absolute Gasteiger partial charge is 0.462 e. The van der Waals surface area contributed by atoms with Crippen molar-refractivity contribution < 1.29 is 28.6 Å². The molecule has 0 radical (unpaired) electrons. The maximum absolute atomic E-state index is 12.8. The number of carbonyl (C=O) groups excluding carboxylic acids is 3. The average Bonchev–Trinajstić information content (AvgIpc) is 3.30. The van der Waals surface area contributed by atoms with E-state index in [2.05, 4.69) is 32.9 Å². The Morgan fingerprint density at radius 3 is 0.815 bits per heavy atom. The summed E-state index contributed by atoms with van der Waals surface area (Å²) in [5.41, 5.74) is 0. The summed E-state index contributed by atoms with van der Waals surface area (Å²) < 4.78 is 16.8. The van der Waals surface area contributed by atoms with E-state index in [1.54, 1.807) is 0 Å². The summed E-state index contributed by atoms with van der Waals surface area (Å²) in [6.07, 6.45) is 62.3. The van der Waals surface area contributed by atoms with Crippen LogP contribution >= 0.6 is 0 Å². The minimum absolute atomic E-state index is 0.0681. The Kier molecular flexibility index (Phi) is 53.2. The summed E-state index contributed by atoms with van der Waals surface area (Å²) >= 11 is 0. The molecule has 384 valence electrons. The van der Waals surface area contributed by atoms with Crippen molar-refractivity contribution in [1.82, 2.24) is 0 Å². The van der Waals surface area contributed by atoms with Crippen LogP contribution < -0.4 is 0 Å². The maximum Gasteiger partial charge on any atom is 0.306 e. The zero-order chi connectivity index (χ0) is 47.2. The fraction of sp³-hybridized carbons (Fsp3) is 0.915. The minimum atomic E-state index is -0.767. The van der Waals surface area contributed by atoms with E-state index in [1.807, 2.05) is 0 Å². The second kappa shape index (κ2) is 54.8. The zero-order valence-electron chi connectivity index (χ0n) is 44.0. The highest BCUT2D eigenvalue weighted by Crippen LogP contribution is 2.18. The highest BCUT2D eigenvalue weighted by Gasteiger charge is 2.19. The molecule has 0 bridgehead atoms. The van der Waals surface area contributed by atoms with Gasteiger partial charge in [0.1, 0.15) is 13.2 Å². The van der Waals surface area contributed by atoms with Gasteiger partial charge < -0.3 is 14.2 Å². The lowest BCUT2D eigenvalue weighted by molar-refractivity contribution is -0.167. The molecule has 1 atom stereocenters. The van der Waals surface area contributed by atoms with Crippen molar-refractivity contribution in [1.29, 1.82) is 0 Å². The van der Waals surface area contributed by atoms with Gasteiger partial charge in [-0.15, -0.1) is 0 Å². The first-order chi connectivity index (χ1) is 32.0. The van der Waals surface area contributed by atoms with E-state index < -0.39 is 6.10 Å². The molecule has 0 heterocycles. The molecule has 0 aliphatic rings. The first kappa shape index (κ1) is 63.1. The number of esters is 3. The van der Waals surface area contributed by atoms with Gasteiger partial charge in [-0.05, 0) is 38.5 Å². The van der Waals surface area contributed by atoms with Gasteiger partial charge in [-0.3, -0.25) is 14.4 Å². The average molecular weight is 918 g/mol. The van der Waals surface area contributed by atoms with Gasteiger partial charge in [0.05, 0.1) is 0 Å². The second-order valence-electron chi connectivity index (χ2n) is 19.9. The molecule has 0 N–H and O–H groups in total. The Morgan fingerprint density at radius 1 is 0.292 bits per heavy atom. The Bertz CT molecular complexity index is 1010. The van der Waals surface area contributed by atoms with Gasteiger partial charge in [0.2, 0.25) is 0 Å². The van der Waals surface area contributed by atoms with Crippen LogP contribution in [0.5, 0.6) is 0 Å². The molecule has 0 fully saturated rings. The highest BCUT2D eigenvalue weighted by molar-refractivity contribution is 5.71. The smallest absolute Gasteiger partial charge is 0.306 e. The van der Waals surface area contributed by atoms with Crippen LogP contribution in [-0.4, -0.2) is 37.2 Å². The summed E-state index contributed by atoms with van der Waals surface area (Å²) in [6.45, 7) is 6.63. The molecule has 0 aliphatic heterocycles. The molecule has 0 amide bonds. The summed E-state index contributed by atoms with van der Waals surface area (Å²) in [7, 11) is 0. The van der Waals surface area contributed by atoms with Crippen LogP contribution in [0.15, 0.2) is 12.2 Å². The fourth-order valence-electron chi connectivity index (χ4n) is 8.84. The van der Waals surface area contributed by atoms with Crippen LogP contribution in [0.2, 0.25) is 0 Å². The SMILES string of the molecule is CCCC/C=C\CCCCCCCC(=O)OC(COC(=O)CCCCCCCCCCCC)COC(=O)CCCCCCCCCCCCCCCCCCCCCCCCCCCC. The van der Waals surface area contributed by atoms with Gasteiger partial charge >= 0.3 is 17.9 Å². The first-order valence-electron chi connectivity index (χ1n) is 29.2. The number of ether oxygens (including phenoxy) is 3. The number of hydrogen-bond acceptors (Lipinski definition) is 6. The highest BCUT2D eigenvalue weighted by atomic mass is 16.6. The van der Waals surface area contributed by atoms with Crippen molar-refractivity contribution in [2.45, 2.75) is 335 Å². The van der Waals surface area contributed by atoms with Gasteiger partial charge in [0, 0.05) is 19.3 Å². The predicted octanol–water partition coefficient (Wildman–Crippen LogP) is 19.3. The van der Waals surface area contributed by atoms with Crippen molar-refractivity contribution >= 4 is 17.9 Å². The standard InChI is InChI=1S/C59H112O6/c1-4-7-10-13-16-19-22-23-24-25-26-27-28-29-30-31-32-33-34-35-36-38-40-43-46-49-52-58(61)64-55-56(54-63-57(60)51-48-45-42-39-21-18-15-12-9-6-3)65-59(62)53-50-47-44-41-37-20-17-14-11-8-5-2/h14,17,56H,4-13,15-16,18-55H2,1-3H3/b17-14-. The number of unbranched alkanes of at least 4 members (excludes halogenated alkanes) is 41. The summed E-state index contributed by atoms with van der Waals surface area (Å²) in [4.78, 5) is 37.9. The zero-order valence-corrected chi connectivity index (χ0v) is 44.0. The van der Waals surface area contributed by atoms with E-state index in [-0.39, 0.29) is 31.1 Å². The summed E-state index contributed by atoms with van der Waals surface area (Å²) in [6, 6.07) is 0. The Balaban J connectivity index is 4.07. The normalized spacial score (nSPS) is 12.0. The van der Waals surface area contributed by atoms with E-state index in [0.717, 1.165) is 64.2 Å². The molecule has 0 aliphatic carbocycles. The van der Waals surface area contributed by atoms with E-state index >= 15 is 0 Å². The lowest BCUT2D eigenvalue weighted by atomic mass is 10.0. The van der Waals surface area contributed by atoms with Gasteiger partial charge in [0.15, 0.2) is 6.10 Å². The lowest BCUT2D eigenvalue weighted by Crippen LogP contribution is -2.30. The van der Waals surface area contributed by atoms with E-state index in [0.29, 0.717) is 19.3 Å². The van der Waals surface area contributed by atoms with Crippen molar-refractivity contribution in [2.75, 3.05) is 13.2 Å². The van der Waals surface area contributed by atoms with Crippen LogP contribution in [0.3, 0.4) is 0 Å². The Hall–Kier alpha value is -1.85. The van der Waals surface area contributed by atoms with Crippen LogP contribution in [0.1, 0.15) is 329 Å². The van der Waals surface area contributed by atoms with Crippen LogP contribution in [0.25, 0.3) is 0 Å². The fourth-order valence-corrected chi connectivity index (χ4v) is 8.84. The molecule has 0 aromatic heterocycles. The third-order valence-corrected chi connectivity index (χ3v) is 13.3. The quantitative estimate of drug-likeness (QED) is 0.0262. The van der Waals surface area contributed by atoms with Gasteiger partial charge in [-0.2, -0.15) is 0 Å². The summed E-state index contributed by atoms with van der Waals surface area (Å²) in [5.74, 6) is -0.860. The first-order valence-corrected chi connectivity index (χ1v) is 29.2. The van der Waals surface area contributed by atoms with Gasteiger partial charge in [-0.25, -0.2) is 0 Å². The third-order valence-electron chi connectivity index (χ3n) is 13.3. The molecule has 0 spiro atoms. The summed E-state index contributed by atoms with van der Waals surface area (Å²) in [5, 5.41) is 0. The monoisotopic (exact) mass is 917 g/mol. The van der Waals surface area contributed by atoms with E-state index in [1.165, 1.54) is 225 Å². The Labute approximate surface area is 405 Å². The van der Waals surface area contributed by atoms with E-state index in [4.69, 9.17) is 14.2 Å². The molecular formula is C59H112O6. The molecule has 65 heavy (non-hydrogen) atoms. The molecule has 0 rings (SSSR count). The molecule has 6 heteroatoms. The molecule has 0 saturated heterocycles. The molecular weight excluding hydrogens is 805 g/mol. The molecule has 0 saturated carbocycles. The number of allylic oxidation sites excluding steroid dienone is 2.